The van der Waals surface area contributed by atoms with E-state index in [4.69, 9.17) is 28.2 Å². The minimum Gasteiger partial charge on any atom is -0.395 e. The molecule has 0 saturated carbocycles. The molecule has 2 aliphatic heterocycles. The molecule has 2 N–H and O–H groups in total. The smallest absolute Gasteiger partial charge is 0.237 e. The van der Waals surface area contributed by atoms with Gasteiger partial charge in [0.1, 0.15) is 11.6 Å². The molecule has 0 radical (unpaired) electrons. The van der Waals surface area contributed by atoms with Crippen molar-refractivity contribution < 1.29 is 5.11 Å². The van der Waals surface area contributed by atoms with Gasteiger partial charge in [-0.2, -0.15) is 4.98 Å². The second-order valence-electron chi connectivity index (χ2n) is 9.65. The molecule has 0 amide bonds. The molecule has 34 heavy (non-hydrogen) atoms. The Morgan fingerprint density at radius 1 is 1.12 bits per heavy atom. The fraction of sp³-hybridized carbons (Fsp3) is 0.520. The van der Waals surface area contributed by atoms with Crippen molar-refractivity contribution in [2.75, 3.05) is 49.5 Å². The highest BCUT2D eigenvalue weighted by molar-refractivity contribution is 6.35. The van der Waals surface area contributed by atoms with E-state index in [0.29, 0.717) is 21.7 Å². The Balaban J connectivity index is 1.31. The van der Waals surface area contributed by atoms with Crippen molar-refractivity contribution in [2.45, 2.75) is 32.7 Å². The number of β-amino-alcohol motifs (C(OH)–C–C–N with tert-alkyl or cyclic N) is 1. The molecule has 3 aromatic rings. The molecular weight excluding hydrogens is 471 g/mol. The van der Waals surface area contributed by atoms with Crippen molar-refractivity contribution in [3.63, 3.8) is 0 Å². The second-order valence-corrected chi connectivity index (χ2v) is 10.5. The summed E-state index contributed by atoms with van der Waals surface area (Å²) in [6.07, 6.45) is 4.44. The Bertz CT molecular complexity index is 1150. The number of aliphatic hydroxyl groups is 1. The number of likely N-dealkylation sites (tertiary alicyclic amines) is 1. The van der Waals surface area contributed by atoms with E-state index in [1.807, 2.05) is 29.7 Å². The molecule has 2 saturated heterocycles. The van der Waals surface area contributed by atoms with E-state index in [1.165, 1.54) is 12.8 Å². The van der Waals surface area contributed by atoms with Crippen LogP contribution in [-0.2, 0) is 0 Å². The average molecular weight is 503 g/mol. The van der Waals surface area contributed by atoms with Gasteiger partial charge < -0.3 is 20.2 Å². The molecular formula is C25H32Cl2N6O. The number of imidazole rings is 1. The zero-order valence-electron chi connectivity index (χ0n) is 19.7. The summed E-state index contributed by atoms with van der Waals surface area (Å²) >= 11 is 12.5. The Hall–Kier alpha value is -2.06. The van der Waals surface area contributed by atoms with Crippen LogP contribution in [0.5, 0.6) is 0 Å². The molecule has 2 aromatic heterocycles. The van der Waals surface area contributed by atoms with Crippen molar-refractivity contribution in [2.24, 2.45) is 11.8 Å². The second kappa shape index (κ2) is 9.90. The summed E-state index contributed by atoms with van der Waals surface area (Å²) in [5.74, 6) is 4.07. The molecule has 4 heterocycles. The van der Waals surface area contributed by atoms with Crippen LogP contribution in [0, 0.1) is 18.8 Å². The summed E-state index contributed by atoms with van der Waals surface area (Å²) in [5, 5.41) is 14.1. The number of nitrogens with zero attached hydrogens (tertiary/aromatic N) is 5. The van der Waals surface area contributed by atoms with Crippen LogP contribution >= 0.6 is 23.2 Å². The number of nitrogens with one attached hydrogen (secondary N) is 1. The summed E-state index contributed by atoms with van der Waals surface area (Å²) < 4.78 is 2.01. The number of fused-ring (bicyclic) bond motifs is 1. The van der Waals surface area contributed by atoms with Crippen molar-refractivity contribution in [3.05, 3.63) is 51.8 Å². The van der Waals surface area contributed by atoms with E-state index in [-0.39, 0.29) is 12.6 Å². The van der Waals surface area contributed by atoms with Gasteiger partial charge in [0, 0.05) is 41.9 Å². The number of aryl methyl sites for hydroxylation is 1. The molecule has 7 nitrogen and oxygen atoms in total. The Morgan fingerprint density at radius 3 is 2.59 bits per heavy atom. The first-order valence-corrected chi connectivity index (χ1v) is 12.8. The van der Waals surface area contributed by atoms with Gasteiger partial charge in [0.15, 0.2) is 0 Å². The topological polar surface area (TPSA) is 68.9 Å². The number of anilines is 2. The van der Waals surface area contributed by atoms with Crippen LogP contribution in [0.15, 0.2) is 30.5 Å². The van der Waals surface area contributed by atoms with E-state index in [2.05, 4.69) is 33.1 Å². The van der Waals surface area contributed by atoms with Crippen LogP contribution in [0.2, 0.25) is 10.0 Å². The number of aliphatic hydroxyl groups excluding tert-OH is 1. The molecule has 2 fully saturated rings. The van der Waals surface area contributed by atoms with Crippen LogP contribution in [0.3, 0.4) is 0 Å². The Morgan fingerprint density at radius 2 is 1.88 bits per heavy atom. The van der Waals surface area contributed by atoms with Crippen LogP contribution in [0.1, 0.15) is 37.1 Å². The van der Waals surface area contributed by atoms with Gasteiger partial charge in [0.05, 0.1) is 18.3 Å². The minimum atomic E-state index is -0.0147. The summed E-state index contributed by atoms with van der Waals surface area (Å²) in [4.78, 5) is 14.2. The van der Waals surface area contributed by atoms with E-state index in [9.17, 15) is 5.11 Å². The lowest BCUT2D eigenvalue weighted by molar-refractivity contribution is 0.113. The van der Waals surface area contributed by atoms with Crippen molar-refractivity contribution in [1.82, 2.24) is 19.3 Å². The number of rotatable bonds is 7. The highest BCUT2D eigenvalue weighted by Gasteiger charge is 2.36. The van der Waals surface area contributed by atoms with Gasteiger partial charge in [-0.3, -0.25) is 4.40 Å². The van der Waals surface area contributed by atoms with Crippen LogP contribution < -0.4 is 10.2 Å². The Labute approximate surface area is 210 Å². The molecule has 0 aliphatic carbocycles. The minimum absolute atomic E-state index is 0.0147. The molecule has 1 atom stereocenters. The first kappa shape index (κ1) is 23.7. The molecule has 182 valence electrons. The van der Waals surface area contributed by atoms with Crippen LogP contribution in [0.25, 0.3) is 5.78 Å². The third-order valence-electron chi connectivity index (χ3n) is 7.29. The molecule has 0 unspecified atom stereocenters. The van der Waals surface area contributed by atoms with E-state index < -0.39 is 0 Å². The molecule has 1 aromatic carbocycles. The highest BCUT2D eigenvalue weighted by atomic mass is 35.5. The summed E-state index contributed by atoms with van der Waals surface area (Å²) in [7, 11) is 0. The normalized spacial score (nSPS) is 18.9. The summed E-state index contributed by atoms with van der Waals surface area (Å²) in [6.45, 7) is 9.39. The van der Waals surface area contributed by atoms with Crippen LogP contribution in [0.4, 0.5) is 11.6 Å². The number of piperidine rings is 1. The quantitative estimate of drug-likeness (QED) is 0.489. The molecule has 0 bridgehead atoms. The molecule has 0 spiro atoms. The zero-order chi connectivity index (χ0) is 23.8. The SMILES string of the molecule is Cc1cn2c(N[C@H](C)c3ccc(Cl)cc3Cl)cc(N3CC(C4CCN(CCO)CC4)C3)nc2n1. The fourth-order valence-corrected chi connectivity index (χ4v) is 5.85. The van der Waals surface area contributed by atoms with Crippen LogP contribution in [-0.4, -0.2) is 63.7 Å². The third kappa shape index (κ3) is 4.85. The highest BCUT2D eigenvalue weighted by Crippen LogP contribution is 2.36. The molecule has 2 aliphatic rings. The first-order chi connectivity index (χ1) is 16.4. The number of halogens is 2. The van der Waals surface area contributed by atoms with Gasteiger partial charge in [-0.15, -0.1) is 0 Å². The number of hydrogen-bond acceptors (Lipinski definition) is 6. The third-order valence-corrected chi connectivity index (χ3v) is 7.85. The van der Waals surface area contributed by atoms with E-state index in [1.54, 1.807) is 6.07 Å². The number of aromatic nitrogens is 3. The van der Waals surface area contributed by atoms with Crippen molar-refractivity contribution in [3.8, 4) is 0 Å². The lowest BCUT2D eigenvalue weighted by atomic mass is 9.79. The monoisotopic (exact) mass is 502 g/mol. The maximum atomic E-state index is 9.18. The Kier molecular flexibility index (Phi) is 6.89. The first-order valence-electron chi connectivity index (χ1n) is 12.1. The molecule has 9 heteroatoms. The van der Waals surface area contributed by atoms with Crippen molar-refractivity contribution >= 4 is 40.6 Å². The number of benzene rings is 1. The van der Waals surface area contributed by atoms with Crippen molar-refractivity contribution in [1.29, 1.82) is 0 Å². The van der Waals surface area contributed by atoms with Gasteiger partial charge in [-0.25, -0.2) is 4.98 Å². The van der Waals surface area contributed by atoms with Gasteiger partial charge in [-0.05, 0) is 69.3 Å². The lowest BCUT2D eigenvalue weighted by Gasteiger charge is -2.46. The van der Waals surface area contributed by atoms with Gasteiger partial charge >= 0.3 is 0 Å². The predicted molar refractivity (Wildman–Crippen MR) is 138 cm³/mol. The largest absolute Gasteiger partial charge is 0.395 e. The zero-order valence-corrected chi connectivity index (χ0v) is 21.2. The average Bonchev–Trinajstić information content (AvgIpc) is 3.14. The standard InChI is InChI=1S/C25H32Cl2N6O/c1-16-13-33-24(29-17(2)21-4-3-20(26)11-22(21)27)12-23(30-25(33)28-16)32-14-19(15-32)18-5-7-31(8-6-18)9-10-34/h3-4,11-13,17-19,29,34H,5-10,14-15H2,1-2H3/t17-/m1/s1. The summed E-state index contributed by atoms with van der Waals surface area (Å²) in [5.41, 5.74) is 1.92. The lowest BCUT2D eigenvalue weighted by Crippen LogP contribution is -2.52. The van der Waals surface area contributed by atoms with Gasteiger partial charge in [0.2, 0.25) is 5.78 Å². The predicted octanol–water partition coefficient (Wildman–Crippen LogP) is 4.66. The number of hydrogen-bond donors (Lipinski definition) is 2. The van der Waals surface area contributed by atoms with Gasteiger partial charge in [-0.1, -0.05) is 29.3 Å². The molecule has 5 rings (SSSR count). The van der Waals surface area contributed by atoms with Gasteiger partial charge in [0.25, 0.3) is 0 Å². The maximum Gasteiger partial charge on any atom is 0.237 e. The van der Waals surface area contributed by atoms with E-state index in [0.717, 1.165) is 61.5 Å². The maximum absolute atomic E-state index is 9.18. The van der Waals surface area contributed by atoms with E-state index >= 15 is 0 Å². The summed E-state index contributed by atoms with van der Waals surface area (Å²) in [6, 6.07) is 7.71. The fourth-order valence-electron chi connectivity index (χ4n) is 5.28.